The Morgan fingerprint density at radius 2 is 0.604 bits per heavy atom. The Labute approximate surface area is 953 Å². The normalized spacial score (nSPS) is 20.4. The van der Waals surface area contributed by atoms with Gasteiger partial charge in [-0.3, -0.25) is 58.4 Å². The van der Waals surface area contributed by atoms with Crippen molar-refractivity contribution in [1.29, 1.82) is 0 Å². The van der Waals surface area contributed by atoms with E-state index in [4.69, 9.17) is 30.0 Å². The third kappa shape index (κ3) is 36.7. The number of rotatable bonds is 24. The van der Waals surface area contributed by atoms with Gasteiger partial charge in [0, 0.05) is 258 Å². The molecule has 6 heterocycles. The van der Waals surface area contributed by atoms with Crippen molar-refractivity contribution in [3.8, 4) is 34.5 Å². The number of nitrogens with zero attached hydrogens (tertiary/aromatic N) is 12. The summed E-state index contributed by atoms with van der Waals surface area (Å²) in [6.07, 6.45) is 48.7. The van der Waals surface area contributed by atoms with Gasteiger partial charge in [0.25, 0.3) is 0 Å². The smallest absolute Gasteiger partial charge is 0.246 e. The average Bonchev–Trinajstić information content (AvgIpc) is 1.21. The van der Waals surface area contributed by atoms with Gasteiger partial charge in [0.15, 0.2) is 0 Å². The first-order chi connectivity index (χ1) is 62.5. The Morgan fingerprint density at radius 3 is 0.906 bits per heavy atom. The maximum atomic E-state index is 11.5. The molecule has 762 valence electrons. The fourth-order valence-corrected chi connectivity index (χ4v) is 21.6. The Kier molecular flexibility index (Phi) is 56.3. The molecule has 6 N–H and O–H groups in total. The molecule has 0 spiro atoms. The molecule has 6 unspecified atom stereocenters. The number of phenols is 6. The summed E-state index contributed by atoms with van der Waals surface area (Å²) in [5.41, 5.74) is 14.4. The summed E-state index contributed by atoms with van der Waals surface area (Å²) in [4.78, 5) is 37.7. The SMILES string of the molecule is CC(C)(C)c1cc(C=NC2CCCCC2N=Cc2ccccc2O)c(O)c(CCCN2CCC[N+]3=C2CCCCC3)c1.Cc1cc(Br)c(O)c(C=NC2CCCCC2N=Cc2cc(C(C)(C)C)cc(CCCN3CCC[N+]4=C3CCCCC4)c2O)c1.Cc1cc(C)c(O)c(C=NC2CCCCC2N=Cc2cc(C(C)(C)C)cc(CCCN3CCC[N+]4=C3CCCCC4)c2O)c1.[CH3-].[CH3-].[CH3-].[Co].[Co].[Co].[Y].[Y].[Y]. The molecule has 6 atom stereocenters. The van der Waals surface area contributed by atoms with Crippen molar-refractivity contribution in [3.05, 3.63) is 195 Å². The van der Waals surface area contributed by atoms with Crippen molar-refractivity contribution in [2.45, 2.75) is 347 Å². The van der Waals surface area contributed by atoms with E-state index in [2.05, 4.69) is 143 Å². The number of phenolic OH excluding ortho intramolecular Hbond substituents is 6. The molecular weight excluding hydrogens is 2160 g/mol. The monoisotopic (exact) mass is 2320 g/mol. The van der Waals surface area contributed by atoms with Gasteiger partial charge >= 0.3 is 0 Å². The standard InChI is InChI=1S/C38H54N4O2.C37H51BrN4O2.C36H50N4O2.3CH3.3Co.3Y/c1-27-21-28(2)36(43)30(22-27)25-39-33-14-8-9-15-34(33)40-26-31-24-32(38(3,4)5)23-29(37(31)44)13-11-18-42-20-12-19-41-17-10-6-7-16-35(41)42;1-26-20-28(36(44)31(38)21-26)24-39-32-13-7-8-14-33(32)40-25-29-23-30(37(2,3)4)22-27(35(29)43)12-10-17-42-19-11-18-41-16-9-5-6-15-34(41)42;1-36(2,3)30-23-27(14-11-20-40-22-12-21-39-19-10-4-5-18-34(39)40)35(42)29(24-30)26-38-32-16-8-7-15-31(32)37-25-28-13-6-9-17-33(28)41;;;;;;;;;/h21-26,33-34H,6-20H2,1-5H3,(H-,39,40,43,44);20-25,32-33H,5-19H2,1-4H3,(H-,39,40,43,44);6,9,13,17,23-26,31-32H,4-5,7-8,10-12,14-16,18-22H2,1-3H3,(H-,37,38,41,42);3*1H3;;;;;;/q;;;3*-1;;;;;;/p+3. The fourth-order valence-electron chi connectivity index (χ4n) is 21.0. The van der Waals surface area contributed by atoms with E-state index in [0.717, 1.165) is 222 Å². The van der Waals surface area contributed by atoms with E-state index in [-0.39, 0.29) is 235 Å². The number of para-hydroxylation sites is 1. The van der Waals surface area contributed by atoms with Crippen LogP contribution in [0.2, 0.25) is 0 Å². The van der Waals surface area contributed by atoms with Gasteiger partial charge in [-0.2, -0.15) is 0 Å². The minimum Gasteiger partial charge on any atom is -0.507 e. The van der Waals surface area contributed by atoms with E-state index >= 15 is 0 Å². The Morgan fingerprint density at radius 1 is 0.331 bits per heavy atom. The van der Waals surface area contributed by atoms with Crippen LogP contribution in [0.3, 0.4) is 0 Å². The number of aromatic hydroxyl groups is 6. The van der Waals surface area contributed by atoms with Crippen LogP contribution in [0.4, 0.5) is 0 Å². The van der Waals surface area contributed by atoms with E-state index in [9.17, 15) is 30.6 Å². The number of amidine groups is 3. The minimum absolute atomic E-state index is 0. The largest absolute Gasteiger partial charge is 0.507 e. The molecule has 6 aliphatic heterocycles. The molecule has 6 radical (unpaired) electrons. The van der Waals surface area contributed by atoms with Crippen LogP contribution >= 0.6 is 15.9 Å². The Balaban J connectivity index is 0.000000422. The first-order valence-corrected chi connectivity index (χ1v) is 51.2. The molecule has 6 aromatic rings. The first kappa shape index (κ1) is 127. The molecular formula is C114H167BrCo3N12O6Y3. The van der Waals surface area contributed by atoms with Crippen LogP contribution in [0.5, 0.6) is 34.5 Å². The Hall–Kier alpha value is -4.14. The van der Waals surface area contributed by atoms with Gasteiger partial charge in [0.1, 0.15) is 34.5 Å². The molecule has 0 saturated heterocycles. The van der Waals surface area contributed by atoms with E-state index in [0.29, 0.717) is 27.5 Å². The molecule has 25 heteroatoms. The molecule has 3 aliphatic carbocycles. The molecule has 3 fully saturated rings. The summed E-state index contributed by atoms with van der Waals surface area (Å²) in [6, 6.07) is 28.6. The van der Waals surface area contributed by atoms with Gasteiger partial charge < -0.3 is 52.9 Å². The zero-order chi connectivity index (χ0) is 92.1. The molecule has 3 saturated carbocycles. The van der Waals surface area contributed by atoms with Crippen LogP contribution < -0.4 is 0 Å². The van der Waals surface area contributed by atoms with Gasteiger partial charge in [0.05, 0.1) is 119 Å². The summed E-state index contributed by atoms with van der Waals surface area (Å²) in [6.45, 7) is 40.0. The Bertz CT molecular complexity index is 4940. The number of benzene rings is 6. The van der Waals surface area contributed by atoms with Crippen LogP contribution in [0.15, 0.2) is 119 Å². The summed E-state index contributed by atoms with van der Waals surface area (Å²) < 4.78 is 8.58. The fraction of sp³-hybridized carbons (Fsp3) is 0.579. The maximum Gasteiger partial charge on any atom is 0.246 e. The average molecular weight is 2330 g/mol. The molecule has 139 heavy (non-hydrogen) atoms. The summed E-state index contributed by atoms with van der Waals surface area (Å²) in [5.74, 6) is 6.57. The van der Waals surface area contributed by atoms with Gasteiger partial charge in [-0.15, -0.1) is 0 Å². The molecule has 0 aromatic heterocycles. The zero-order valence-electron chi connectivity index (χ0n) is 87.0. The van der Waals surface area contributed by atoms with Crippen molar-refractivity contribution in [2.24, 2.45) is 30.0 Å². The number of aryl methyl sites for hydroxylation is 6. The number of hydrogen-bond acceptors (Lipinski definition) is 15. The third-order valence-electron chi connectivity index (χ3n) is 28.8. The van der Waals surface area contributed by atoms with Gasteiger partial charge in [0.2, 0.25) is 17.5 Å². The minimum atomic E-state index is -0.0314. The zero-order valence-corrected chi connectivity index (χ0v) is 100. The summed E-state index contributed by atoms with van der Waals surface area (Å²) >= 11 is 3.45. The number of halogens is 1. The first-order valence-electron chi connectivity index (χ1n) is 50.4. The predicted octanol–water partition coefficient (Wildman–Crippen LogP) is 23.6. The van der Waals surface area contributed by atoms with Crippen molar-refractivity contribution in [2.75, 3.05) is 78.5 Å². The van der Waals surface area contributed by atoms with Gasteiger partial charge in [-0.1, -0.05) is 137 Å². The van der Waals surface area contributed by atoms with Gasteiger partial charge in [-0.05, 0) is 286 Å². The maximum absolute atomic E-state index is 11.5. The second-order valence-corrected chi connectivity index (χ2v) is 43.0. The second kappa shape index (κ2) is 61.6. The van der Waals surface area contributed by atoms with E-state index < -0.39 is 0 Å². The molecule has 18 nitrogen and oxygen atoms in total. The van der Waals surface area contributed by atoms with Crippen LogP contribution in [-0.4, -0.2) is 229 Å². The molecule has 0 bridgehead atoms. The van der Waals surface area contributed by atoms with Gasteiger partial charge in [-0.25, -0.2) is 0 Å². The van der Waals surface area contributed by atoms with Crippen LogP contribution in [0.1, 0.15) is 338 Å². The predicted molar refractivity (Wildman–Crippen MR) is 564 cm³/mol. The van der Waals surface area contributed by atoms with Crippen molar-refractivity contribution in [3.63, 3.8) is 0 Å². The topological polar surface area (TPSA) is 214 Å². The molecule has 0 amide bonds. The summed E-state index contributed by atoms with van der Waals surface area (Å²) in [5, 5.41) is 65.7. The van der Waals surface area contributed by atoms with E-state index in [1.807, 2.05) is 88.1 Å². The van der Waals surface area contributed by atoms with Crippen molar-refractivity contribution >= 4 is 70.7 Å². The molecule has 15 rings (SSSR count). The van der Waals surface area contributed by atoms with Crippen LogP contribution in [-0.2, 0) is 184 Å². The third-order valence-corrected chi connectivity index (χ3v) is 29.4. The second-order valence-electron chi connectivity index (χ2n) is 42.1. The van der Waals surface area contributed by atoms with E-state index in [1.165, 1.54) is 152 Å². The van der Waals surface area contributed by atoms with Crippen LogP contribution in [0.25, 0.3) is 0 Å². The summed E-state index contributed by atoms with van der Waals surface area (Å²) in [7, 11) is 0. The van der Waals surface area contributed by atoms with Crippen molar-refractivity contribution in [1.82, 2.24) is 14.7 Å². The molecule has 9 aliphatic rings. The quantitative estimate of drug-likeness (QED) is 0.0193. The van der Waals surface area contributed by atoms with E-state index in [1.54, 1.807) is 36.0 Å². The number of aliphatic imine (C=N–C) groups is 6. The van der Waals surface area contributed by atoms with Crippen molar-refractivity contribution < 1.29 is 193 Å². The van der Waals surface area contributed by atoms with Crippen LogP contribution in [0, 0.1) is 43.1 Å². The number of hydrogen-bond donors (Lipinski definition) is 6. The molecule has 6 aromatic carbocycles.